The number of hydrogen-bond donors (Lipinski definition) is 0. The molecule has 0 saturated carbocycles. The Labute approximate surface area is 120 Å². The third-order valence-corrected chi connectivity index (χ3v) is 3.32. The van der Waals surface area contributed by atoms with E-state index in [0.717, 1.165) is 21.3 Å². The van der Waals surface area contributed by atoms with Gasteiger partial charge < -0.3 is 4.74 Å². The largest absolute Gasteiger partial charge is 0.461 e. The molecule has 0 spiro atoms. The van der Waals surface area contributed by atoms with Crippen molar-refractivity contribution in [1.82, 2.24) is 9.78 Å². The van der Waals surface area contributed by atoms with E-state index in [2.05, 4.69) is 21.0 Å². The quantitative estimate of drug-likeness (QED) is 0.814. The minimum Gasteiger partial charge on any atom is -0.461 e. The number of carbonyl (C=O) groups is 1. The number of ether oxygens (including phenoxy) is 1. The molecule has 0 bridgehead atoms. The number of carbonyl (C=O) groups excluding carboxylic acids is 1. The van der Waals surface area contributed by atoms with Gasteiger partial charge in [0.15, 0.2) is 5.69 Å². The Kier molecular flexibility index (Phi) is 4.04. The molecule has 19 heavy (non-hydrogen) atoms. The monoisotopic (exact) mass is 322 g/mol. The van der Waals surface area contributed by atoms with Gasteiger partial charge in [0, 0.05) is 17.1 Å². The van der Waals surface area contributed by atoms with Crippen LogP contribution in [0, 0.1) is 6.92 Å². The van der Waals surface area contributed by atoms with Gasteiger partial charge in [0.2, 0.25) is 0 Å². The Morgan fingerprint density at radius 2 is 2.16 bits per heavy atom. The second kappa shape index (κ2) is 5.57. The first-order chi connectivity index (χ1) is 9.02. The maximum Gasteiger partial charge on any atom is 0.358 e. The first-order valence-electron chi connectivity index (χ1n) is 6.00. The van der Waals surface area contributed by atoms with Gasteiger partial charge in [-0.25, -0.2) is 4.79 Å². The van der Waals surface area contributed by atoms with Crippen LogP contribution in [0.1, 0.15) is 23.0 Å². The fraction of sp³-hybridized carbons (Fsp3) is 0.286. The number of hydrogen-bond acceptors (Lipinski definition) is 3. The highest BCUT2D eigenvalue weighted by Gasteiger charge is 2.15. The maximum absolute atomic E-state index is 11.7. The molecule has 4 nitrogen and oxygen atoms in total. The number of esters is 1. The molecule has 1 aromatic carbocycles. The summed E-state index contributed by atoms with van der Waals surface area (Å²) >= 11 is 3.44. The van der Waals surface area contributed by atoms with Crippen LogP contribution >= 0.6 is 15.9 Å². The molecule has 0 amide bonds. The van der Waals surface area contributed by atoms with Crippen LogP contribution in [-0.2, 0) is 11.8 Å². The summed E-state index contributed by atoms with van der Waals surface area (Å²) < 4.78 is 7.69. The second-order valence-corrected chi connectivity index (χ2v) is 5.13. The van der Waals surface area contributed by atoms with Gasteiger partial charge in [0.25, 0.3) is 0 Å². The van der Waals surface area contributed by atoms with Crippen molar-refractivity contribution in [3.05, 3.63) is 40.0 Å². The average Bonchev–Trinajstić information content (AvgIpc) is 2.72. The van der Waals surface area contributed by atoms with Crippen molar-refractivity contribution >= 4 is 21.9 Å². The van der Waals surface area contributed by atoms with Crippen LogP contribution in [0.5, 0.6) is 0 Å². The second-order valence-electron chi connectivity index (χ2n) is 4.22. The first-order valence-corrected chi connectivity index (χ1v) is 6.80. The molecule has 100 valence electrons. The van der Waals surface area contributed by atoms with E-state index in [-0.39, 0.29) is 5.97 Å². The molecular formula is C14H15BrN2O2. The number of aromatic nitrogens is 2. The van der Waals surface area contributed by atoms with E-state index in [0.29, 0.717) is 12.3 Å². The van der Waals surface area contributed by atoms with E-state index in [1.807, 2.05) is 32.2 Å². The molecule has 0 fully saturated rings. The van der Waals surface area contributed by atoms with Crippen molar-refractivity contribution in [1.29, 1.82) is 0 Å². The summed E-state index contributed by atoms with van der Waals surface area (Å²) in [6.45, 7) is 4.15. The molecule has 2 aromatic rings. The van der Waals surface area contributed by atoms with Crippen LogP contribution in [-0.4, -0.2) is 22.4 Å². The normalized spacial score (nSPS) is 10.5. The molecule has 0 aliphatic carbocycles. The molecule has 0 unspecified atom stereocenters. The zero-order valence-corrected chi connectivity index (χ0v) is 12.7. The molecule has 1 heterocycles. The van der Waals surface area contributed by atoms with Crippen LogP contribution in [0.15, 0.2) is 28.7 Å². The molecular weight excluding hydrogens is 308 g/mol. The Morgan fingerprint density at radius 3 is 2.79 bits per heavy atom. The maximum atomic E-state index is 11.7. The summed E-state index contributed by atoms with van der Waals surface area (Å²) in [6, 6.07) is 7.77. The van der Waals surface area contributed by atoms with Gasteiger partial charge in [-0.2, -0.15) is 5.10 Å². The predicted molar refractivity (Wildman–Crippen MR) is 77.0 cm³/mol. The fourth-order valence-electron chi connectivity index (χ4n) is 1.94. The highest BCUT2D eigenvalue weighted by atomic mass is 79.9. The average molecular weight is 323 g/mol. The van der Waals surface area contributed by atoms with Crippen LogP contribution in [0.4, 0.5) is 0 Å². The molecule has 1 aromatic heterocycles. The van der Waals surface area contributed by atoms with E-state index >= 15 is 0 Å². The van der Waals surface area contributed by atoms with E-state index < -0.39 is 0 Å². The Balaban J connectivity index is 2.43. The van der Waals surface area contributed by atoms with E-state index in [9.17, 15) is 4.79 Å². The van der Waals surface area contributed by atoms with Gasteiger partial charge in [0.1, 0.15) is 0 Å². The summed E-state index contributed by atoms with van der Waals surface area (Å²) in [4.78, 5) is 11.7. The molecule has 0 N–H and O–H groups in total. The summed E-state index contributed by atoms with van der Waals surface area (Å²) in [5.41, 5.74) is 3.40. The Bertz CT molecular complexity index is 620. The zero-order valence-electron chi connectivity index (χ0n) is 11.1. The lowest BCUT2D eigenvalue weighted by Crippen LogP contribution is -2.05. The topological polar surface area (TPSA) is 44.1 Å². The molecule has 5 heteroatoms. The standard InChI is InChI=1S/C14H15BrN2O2/c1-4-19-14(18)12-8-13(17(3)16-12)11-6-5-10(15)7-9(11)2/h5-8H,4H2,1-3H3. The van der Waals surface area contributed by atoms with Crippen LogP contribution in [0.2, 0.25) is 0 Å². The van der Waals surface area contributed by atoms with Crippen molar-refractivity contribution in [2.75, 3.05) is 6.61 Å². The smallest absolute Gasteiger partial charge is 0.358 e. The summed E-state index contributed by atoms with van der Waals surface area (Å²) in [7, 11) is 1.82. The minimum atomic E-state index is -0.390. The molecule has 0 saturated heterocycles. The number of halogens is 1. The van der Waals surface area contributed by atoms with Crippen molar-refractivity contribution in [2.24, 2.45) is 7.05 Å². The van der Waals surface area contributed by atoms with Gasteiger partial charge in [-0.3, -0.25) is 4.68 Å². The third-order valence-electron chi connectivity index (χ3n) is 2.83. The minimum absolute atomic E-state index is 0.335. The van der Waals surface area contributed by atoms with Crippen LogP contribution < -0.4 is 0 Å². The summed E-state index contributed by atoms with van der Waals surface area (Å²) in [5.74, 6) is -0.390. The van der Waals surface area contributed by atoms with Gasteiger partial charge in [0.05, 0.1) is 12.3 Å². The van der Waals surface area contributed by atoms with Crippen molar-refractivity contribution < 1.29 is 9.53 Å². The third kappa shape index (κ3) is 2.87. The Morgan fingerprint density at radius 1 is 1.42 bits per heavy atom. The fourth-order valence-corrected chi connectivity index (χ4v) is 2.41. The van der Waals surface area contributed by atoms with Gasteiger partial charge in [-0.1, -0.05) is 22.0 Å². The zero-order chi connectivity index (χ0) is 14.0. The van der Waals surface area contributed by atoms with Crippen molar-refractivity contribution in [3.63, 3.8) is 0 Å². The van der Waals surface area contributed by atoms with E-state index in [1.165, 1.54) is 0 Å². The van der Waals surface area contributed by atoms with Crippen LogP contribution in [0.25, 0.3) is 11.3 Å². The number of aryl methyl sites for hydroxylation is 2. The molecule has 2 rings (SSSR count). The van der Waals surface area contributed by atoms with Gasteiger partial charge >= 0.3 is 5.97 Å². The van der Waals surface area contributed by atoms with Gasteiger partial charge in [-0.05, 0) is 37.6 Å². The molecule has 0 atom stereocenters. The van der Waals surface area contributed by atoms with E-state index in [1.54, 1.807) is 17.7 Å². The molecule has 0 radical (unpaired) electrons. The lowest BCUT2D eigenvalue weighted by molar-refractivity contribution is 0.0518. The molecule has 0 aliphatic rings. The number of benzene rings is 1. The Hall–Kier alpha value is -1.62. The lowest BCUT2D eigenvalue weighted by atomic mass is 10.1. The predicted octanol–water partition coefficient (Wildman–Crippen LogP) is 3.33. The highest BCUT2D eigenvalue weighted by Crippen LogP contribution is 2.26. The number of rotatable bonds is 3. The number of nitrogens with zero attached hydrogens (tertiary/aromatic N) is 2. The van der Waals surface area contributed by atoms with Crippen LogP contribution in [0.3, 0.4) is 0 Å². The summed E-state index contributed by atoms with van der Waals surface area (Å²) in [5, 5.41) is 4.20. The van der Waals surface area contributed by atoms with E-state index in [4.69, 9.17) is 4.74 Å². The van der Waals surface area contributed by atoms with Crippen molar-refractivity contribution in [3.8, 4) is 11.3 Å². The SMILES string of the molecule is CCOC(=O)c1cc(-c2ccc(Br)cc2C)n(C)n1. The van der Waals surface area contributed by atoms with Gasteiger partial charge in [-0.15, -0.1) is 0 Å². The summed E-state index contributed by atoms with van der Waals surface area (Å²) in [6.07, 6.45) is 0. The highest BCUT2D eigenvalue weighted by molar-refractivity contribution is 9.10. The lowest BCUT2D eigenvalue weighted by Gasteiger charge is -2.06. The molecule has 0 aliphatic heterocycles. The first kappa shape index (κ1) is 13.8. The van der Waals surface area contributed by atoms with Crippen molar-refractivity contribution in [2.45, 2.75) is 13.8 Å².